The maximum atomic E-state index is 13.0. The Hall–Kier alpha value is -2.35. The van der Waals surface area contributed by atoms with Crippen molar-refractivity contribution in [3.8, 4) is 0 Å². The van der Waals surface area contributed by atoms with E-state index >= 15 is 0 Å². The lowest BCUT2D eigenvalue weighted by Gasteiger charge is -2.36. The van der Waals surface area contributed by atoms with Gasteiger partial charge in [0.2, 0.25) is 0 Å². The number of halogens is 1. The molecule has 2 aliphatic rings. The number of anilines is 1. The Labute approximate surface area is 158 Å². The quantitative estimate of drug-likeness (QED) is 0.811. The van der Waals surface area contributed by atoms with Crippen LogP contribution in [0.5, 0.6) is 0 Å². The maximum absolute atomic E-state index is 13.0. The third-order valence-corrected chi connectivity index (χ3v) is 5.55. The Morgan fingerprint density at radius 2 is 1.81 bits per heavy atom. The smallest absolute Gasteiger partial charge is 0.317 e. The van der Waals surface area contributed by atoms with E-state index < -0.39 is 11.4 Å². The molecule has 0 saturated carbocycles. The Kier molecular flexibility index (Phi) is 5.84. The molecule has 7 nitrogen and oxygen atoms in total. The van der Waals surface area contributed by atoms with Crippen LogP contribution in [0.1, 0.15) is 13.3 Å². The fourth-order valence-corrected chi connectivity index (χ4v) is 3.62. The van der Waals surface area contributed by atoms with E-state index in [1.165, 1.54) is 12.1 Å². The van der Waals surface area contributed by atoms with Crippen molar-refractivity contribution in [3.05, 3.63) is 30.1 Å². The lowest BCUT2D eigenvalue weighted by Crippen LogP contribution is -2.49. The number of carbonyl (C=O) groups excluding carboxylic acids is 1. The highest BCUT2D eigenvalue weighted by molar-refractivity contribution is 5.79. The van der Waals surface area contributed by atoms with E-state index in [1.807, 2.05) is 0 Å². The number of nitrogens with one attached hydrogen (secondary N) is 1. The van der Waals surface area contributed by atoms with Crippen LogP contribution < -0.4 is 10.2 Å². The fourth-order valence-electron chi connectivity index (χ4n) is 3.62. The largest absolute Gasteiger partial charge is 0.481 e. The second kappa shape index (κ2) is 8.12. The first-order valence-electron chi connectivity index (χ1n) is 9.36. The molecule has 148 valence electrons. The van der Waals surface area contributed by atoms with E-state index in [-0.39, 0.29) is 18.4 Å². The highest BCUT2D eigenvalue weighted by Crippen LogP contribution is 2.29. The number of hydrogen-bond donors (Lipinski definition) is 2. The molecule has 2 aliphatic heterocycles. The normalized spacial score (nSPS) is 23.5. The summed E-state index contributed by atoms with van der Waals surface area (Å²) in [6, 6.07) is 6.36. The van der Waals surface area contributed by atoms with E-state index in [0.29, 0.717) is 19.5 Å². The number of carboxylic acid groups (broad SMARTS) is 1. The molecule has 0 aromatic heterocycles. The van der Waals surface area contributed by atoms with Crippen molar-refractivity contribution in [3.63, 3.8) is 0 Å². The summed E-state index contributed by atoms with van der Waals surface area (Å²) in [5.41, 5.74) is 0.188. The van der Waals surface area contributed by atoms with Crippen molar-refractivity contribution in [1.82, 2.24) is 15.1 Å². The second-order valence-electron chi connectivity index (χ2n) is 7.57. The van der Waals surface area contributed by atoms with Crippen LogP contribution in [0.15, 0.2) is 24.3 Å². The van der Waals surface area contributed by atoms with E-state index in [2.05, 4.69) is 15.1 Å². The Bertz CT molecular complexity index is 676. The zero-order valence-electron chi connectivity index (χ0n) is 15.7. The summed E-state index contributed by atoms with van der Waals surface area (Å²) in [6.45, 7) is 7.20. The van der Waals surface area contributed by atoms with E-state index in [1.54, 1.807) is 24.0 Å². The molecule has 27 heavy (non-hydrogen) atoms. The summed E-state index contributed by atoms with van der Waals surface area (Å²) in [6.07, 6.45) is 0.487. The Morgan fingerprint density at radius 3 is 2.41 bits per heavy atom. The van der Waals surface area contributed by atoms with Crippen LogP contribution in [0.3, 0.4) is 0 Å². The molecule has 2 amide bonds. The third-order valence-electron chi connectivity index (χ3n) is 5.55. The number of carbonyl (C=O) groups is 2. The van der Waals surface area contributed by atoms with Crippen LogP contribution in [0.4, 0.5) is 14.9 Å². The van der Waals surface area contributed by atoms with Gasteiger partial charge in [0.25, 0.3) is 0 Å². The first-order chi connectivity index (χ1) is 12.9. The molecule has 1 unspecified atom stereocenters. The van der Waals surface area contributed by atoms with Crippen molar-refractivity contribution in [1.29, 1.82) is 0 Å². The van der Waals surface area contributed by atoms with Gasteiger partial charge in [-0.3, -0.25) is 9.69 Å². The number of rotatable bonds is 5. The Morgan fingerprint density at radius 1 is 1.15 bits per heavy atom. The number of amides is 2. The van der Waals surface area contributed by atoms with Gasteiger partial charge in [0.05, 0.1) is 5.41 Å². The molecule has 2 heterocycles. The predicted octanol–water partition coefficient (Wildman–Crippen LogP) is 1.45. The summed E-state index contributed by atoms with van der Waals surface area (Å²) in [5, 5.41) is 12.1. The van der Waals surface area contributed by atoms with E-state index in [4.69, 9.17) is 0 Å². The number of hydrogen-bond acceptors (Lipinski definition) is 4. The number of carboxylic acids is 1. The SMILES string of the molecule is CC1(C(=O)O)CCN(C(=O)NCCN2CCN(c3ccc(F)cc3)CC2)C1. The number of aliphatic carboxylic acids is 1. The fraction of sp³-hybridized carbons (Fsp3) is 0.579. The standard InChI is InChI=1S/C19H27FN4O3/c1-19(17(25)26)6-8-24(14-19)18(27)21-7-9-22-10-12-23(13-11-22)16-4-2-15(20)3-5-16/h2-5H,6-14H2,1H3,(H,21,27)(H,25,26). The molecule has 1 atom stereocenters. The second-order valence-corrected chi connectivity index (χ2v) is 7.57. The molecule has 2 saturated heterocycles. The molecule has 2 fully saturated rings. The van der Waals surface area contributed by atoms with Gasteiger partial charge >= 0.3 is 12.0 Å². The van der Waals surface area contributed by atoms with Crippen molar-refractivity contribution in [2.45, 2.75) is 13.3 Å². The van der Waals surface area contributed by atoms with Crippen molar-refractivity contribution >= 4 is 17.7 Å². The summed E-state index contributed by atoms with van der Waals surface area (Å²) in [5.74, 6) is -1.08. The van der Waals surface area contributed by atoms with Gasteiger partial charge in [-0.1, -0.05) is 0 Å². The molecular formula is C19H27FN4O3. The van der Waals surface area contributed by atoms with Crippen LogP contribution in [0.25, 0.3) is 0 Å². The zero-order valence-corrected chi connectivity index (χ0v) is 15.7. The molecule has 0 radical (unpaired) electrons. The van der Waals surface area contributed by atoms with Crippen LogP contribution >= 0.6 is 0 Å². The van der Waals surface area contributed by atoms with Crippen molar-refractivity contribution < 1.29 is 19.1 Å². The number of benzene rings is 1. The summed E-state index contributed by atoms with van der Waals surface area (Å²) < 4.78 is 13.0. The van der Waals surface area contributed by atoms with Gasteiger partial charge in [-0.25, -0.2) is 9.18 Å². The average molecular weight is 378 g/mol. The monoisotopic (exact) mass is 378 g/mol. The number of piperazine rings is 1. The van der Waals surface area contributed by atoms with Gasteiger partial charge < -0.3 is 20.2 Å². The van der Waals surface area contributed by atoms with Crippen molar-refractivity contribution in [2.75, 3.05) is 57.3 Å². The molecule has 0 aliphatic carbocycles. The summed E-state index contributed by atoms with van der Waals surface area (Å²) in [4.78, 5) is 29.6. The van der Waals surface area contributed by atoms with E-state index in [0.717, 1.165) is 38.4 Å². The van der Waals surface area contributed by atoms with Crippen LogP contribution in [-0.2, 0) is 4.79 Å². The summed E-state index contributed by atoms with van der Waals surface area (Å²) in [7, 11) is 0. The van der Waals surface area contributed by atoms with Gasteiger partial charge in [0.15, 0.2) is 0 Å². The molecule has 8 heteroatoms. The molecule has 2 N–H and O–H groups in total. The first-order valence-corrected chi connectivity index (χ1v) is 9.36. The highest BCUT2D eigenvalue weighted by atomic mass is 19.1. The number of likely N-dealkylation sites (tertiary alicyclic amines) is 1. The van der Waals surface area contributed by atoms with Crippen LogP contribution in [-0.4, -0.2) is 79.3 Å². The van der Waals surface area contributed by atoms with Gasteiger partial charge in [0, 0.05) is 58.0 Å². The average Bonchev–Trinajstić information content (AvgIpc) is 3.07. The maximum Gasteiger partial charge on any atom is 0.317 e. The molecule has 1 aromatic rings. The molecular weight excluding hydrogens is 351 g/mol. The zero-order chi connectivity index (χ0) is 19.4. The number of urea groups is 1. The van der Waals surface area contributed by atoms with Crippen molar-refractivity contribution in [2.24, 2.45) is 5.41 Å². The highest BCUT2D eigenvalue weighted by Gasteiger charge is 2.42. The Balaban J connectivity index is 1.36. The molecule has 0 bridgehead atoms. The minimum atomic E-state index is -0.850. The predicted molar refractivity (Wildman–Crippen MR) is 100 cm³/mol. The van der Waals surface area contributed by atoms with Crippen LogP contribution in [0, 0.1) is 11.2 Å². The van der Waals surface area contributed by atoms with Gasteiger partial charge in [-0.15, -0.1) is 0 Å². The number of nitrogens with zero attached hydrogens (tertiary/aromatic N) is 3. The first kappa shape index (κ1) is 19.4. The lowest BCUT2D eigenvalue weighted by molar-refractivity contribution is -0.147. The minimum absolute atomic E-state index is 0.190. The molecule has 0 spiro atoms. The molecule has 1 aromatic carbocycles. The van der Waals surface area contributed by atoms with Gasteiger partial charge in [-0.05, 0) is 37.6 Å². The topological polar surface area (TPSA) is 76.1 Å². The van der Waals surface area contributed by atoms with E-state index in [9.17, 15) is 19.1 Å². The lowest BCUT2D eigenvalue weighted by atomic mass is 9.90. The third kappa shape index (κ3) is 4.68. The van der Waals surface area contributed by atoms with Crippen LogP contribution in [0.2, 0.25) is 0 Å². The van der Waals surface area contributed by atoms with Gasteiger partial charge in [0.1, 0.15) is 5.82 Å². The van der Waals surface area contributed by atoms with Gasteiger partial charge in [-0.2, -0.15) is 0 Å². The minimum Gasteiger partial charge on any atom is -0.481 e. The molecule has 3 rings (SSSR count). The summed E-state index contributed by atoms with van der Waals surface area (Å²) >= 11 is 0.